The highest BCUT2D eigenvalue weighted by Gasteiger charge is 2.20. The lowest BCUT2D eigenvalue weighted by Gasteiger charge is -2.26. The Balaban J connectivity index is 1.37. The summed E-state index contributed by atoms with van der Waals surface area (Å²) in [6.07, 6.45) is 1.60. The maximum Gasteiger partial charge on any atom is 0.230 e. The number of aromatic nitrogens is 1. The maximum atomic E-state index is 11.9. The molecule has 0 saturated carbocycles. The maximum absolute atomic E-state index is 11.9. The molecule has 1 unspecified atom stereocenters. The van der Waals surface area contributed by atoms with Gasteiger partial charge in [-0.2, -0.15) is 0 Å². The van der Waals surface area contributed by atoms with Crippen molar-refractivity contribution in [2.24, 2.45) is 0 Å². The van der Waals surface area contributed by atoms with Gasteiger partial charge in [-0.15, -0.1) is 11.8 Å². The van der Waals surface area contributed by atoms with E-state index < -0.39 is 0 Å². The topological polar surface area (TPSA) is 60.5 Å². The van der Waals surface area contributed by atoms with Crippen LogP contribution in [0.5, 0.6) is 11.5 Å². The van der Waals surface area contributed by atoms with Crippen LogP contribution in [0.25, 0.3) is 0 Å². The van der Waals surface area contributed by atoms with Crippen LogP contribution in [0.2, 0.25) is 0 Å². The van der Waals surface area contributed by atoms with Gasteiger partial charge >= 0.3 is 0 Å². The Morgan fingerprint density at radius 1 is 1.22 bits per heavy atom. The van der Waals surface area contributed by atoms with Crippen molar-refractivity contribution in [3.8, 4) is 11.5 Å². The van der Waals surface area contributed by atoms with Gasteiger partial charge in [0.25, 0.3) is 0 Å². The van der Waals surface area contributed by atoms with Crippen LogP contribution < -0.4 is 14.8 Å². The number of hydrogen-bond donors (Lipinski definition) is 1. The molecular weight excluding hydrogens is 312 g/mol. The van der Waals surface area contributed by atoms with Crippen molar-refractivity contribution in [2.45, 2.75) is 11.9 Å². The molecular formula is C17H18N2O3S. The van der Waals surface area contributed by atoms with Crippen LogP contribution in [0, 0.1) is 0 Å². The number of amides is 1. The minimum atomic E-state index is -0.158. The van der Waals surface area contributed by atoms with E-state index in [2.05, 4.69) is 10.3 Å². The van der Waals surface area contributed by atoms with Gasteiger partial charge in [-0.1, -0.05) is 18.2 Å². The highest BCUT2D eigenvalue weighted by atomic mass is 32.2. The molecule has 2 heterocycles. The summed E-state index contributed by atoms with van der Waals surface area (Å²) in [6.45, 7) is 0.885. The molecule has 0 spiro atoms. The predicted octanol–water partition coefficient (Wildman–Crippen LogP) is 2.27. The second-order valence-electron chi connectivity index (χ2n) is 5.12. The van der Waals surface area contributed by atoms with E-state index in [9.17, 15) is 4.79 Å². The Hall–Kier alpha value is -2.21. The average molecular weight is 330 g/mol. The number of rotatable bonds is 6. The van der Waals surface area contributed by atoms with Gasteiger partial charge in [-0.05, 0) is 24.3 Å². The number of pyridine rings is 1. The van der Waals surface area contributed by atoms with E-state index in [-0.39, 0.29) is 12.0 Å². The Morgan fingerprint density at radius 2 is 2.04 bits per heavy atom. The third-order valence-electron chi connectivity index (χ3n) is 3.30. The highest BCUT2D eigenvalue weighted by molar-refractivity contribution is 7.99. The number of thioether (sulfide) groups is 1. The normalized spacial score (nSPS) is 15.9. The summed E-state index contributed by atoms with van der Waals surface area (Å²) < 4.78 is 11.4. The monoisotopic (exact) mass is 330 g/mol. The number of fused-ring (bicyclic) bond motifs is 1. The molecule has 6 heteroatoms. The summed E-state index contributed by atoms with van der Waals surface area (Å²) in [5.41, 5.74) is 0.978. The Morgan fingerprint density at radius 3 is 2.87 bits per heavy atom. The summed E-state index contributed by atoms with van der Waals surface area (Å²) in [5, 5.41) is 2.88. The number of nitrogens with one attached hydrogen (secondary N) is 1. The molecule has 1 aliphatic rings. The van der Waals surface area contributed by atoms with Crippen LogP contribution in [0.3, 0.4) is 0 Å². The van der Waals surface area contributed by atoms with E-state index in [1.54, 1.807) is 18.0 Å². The molecule has 0 fully saturated rings. The van der Waals surface area contributed by atoms with E-state index in [1.165, 1.54) is 0 Å². The first-order chi connectivity index (χ1) is 11.3. The number of para-hydroxylation sites is 2. The number of ether oxygens (including phenoxy) is 2. The van der Waals surface area contributed by atoms with Crippen LogP contribution in [0.1, 0.15) is 5.69 Å². The molecule has 0 aliphatic carbocycles. The minimum absolute atomic E-state index is 0.00612. The molecule has 1 N–H and O–H groups in total. The fourth-order valence-corrected chi connectivity index (χ4v) is 2.94. The number of hydrogen-bond acceptors (Lipinski definition) is 5. The molecule has 0 bridgehead atoms. The molecule has 3 rings (SSSR count). The first-order valence-electron chi connectivity index (χ1n) is 7.44. The summed E-state index contributed by atoms with van der Waals surface area (Å²) in [6, 6.07) is 13.3. The van der Waals surface area contributed by atoms with Crippen molar-refractivity contribution in [1.29, 1.82) is 0 Å². The van der Waals surface area contributed by atoms with E-state index in [0.717, 1.165) is 22.9 Å². The van der Waals surface area contributed by atoms with Crippen LogP contribution in [0.15, 0.2) is 48.7 Å². The molecule has 1 amide bonds. The van der Waals surface area contributed by atoms with Crippen LogP contribution in [-0.4, -0.2) is 35.9 Å². The third kappa shape index (κ3) is 4.63. The standard InChI is InChI=1S/C17H18N2O3S/c20-17(12-23-11-13-5-3-4-8-18-13)19-9-14-10-21-15-6-1-2-7-16(15)22-14/h1-8,14H,9-12H2,(H,19,20). The third-order valence-corrected chi connectivity index (χ3v) is 4.27. The SMILES string of the molecule is O=C(CSCc1ccccn1)NCC1COc2ccccc2O1. The second kappa shape index (κ2) is 7.87. The molecule has 0 radical (unpaired) electrons. The van der Waals surface area contributed by atoms with Crippen molar-refractivity contribution >= 4 is 17.7 Å². The molecule has 2 aromatic rings. The Labute approximate surface area is 139 Å². The lowest BCUT2D eigenvalue weighted by Crippen LogP contribution is -2.41. The number of nitrogens with zero attached hydrogens (tertiary/aromatic N) is 1. The molecule has 120 valence electrons. The fourth-order valence-electron chi connectivity index (χ4n) is 2.17. The van der Waals surface area contributed by atoms with Crippen molar-refractivity contribution in [3.63, 3.8) is 0 Å². The highest BCUT2D eigenvalue weighted by Crippen LogP contribution is 2.30. The fraction of sp³-hybridized carbons (Fsp3) is 0.294. The first kappa shape index (κ1) is 15.7. The van der Waals surface area contributed by atoms with E-state index in [0.29, 0.717) is 18.9 Å². The number of carbonyl (C=O) groups is 1. The smallest absolute Gasteiger partial charge is 0.230 e. The van der Waals surface area contributed by atoms with Crippen LogP contribution in [-0.2, 0) is 10.5 Å². The van der Waals surface area contributed by atoms with Crippen molar-refractivity contribution in [2.75, 3.05) is 18.9 Å². The summed E-state index contributed by atoms with van der Waals surface area (Å²) >= 11 is 1.54. The van der Waals surface area contributed by atoms with Gasteiger partial charge in [-0.25, -0.2) is 0 Å². The van der Waals surface area contributed by atoms with Gasteiger partial charge in [0.05, 0.1) is 18.0 Å². The largest absolute Gasteiger partial charge is 0.486 e. The zero-order valence-corrected chi connectivity index (χ0v) is 13.4. The van der Waals surface area contributed by atoms with Gasteiger partial charge in [-0.3, -0.25) is 9.78 Å². The summed E-state index contributed by atoms with van der Waals surface area (Å²) in [4.78, 5) is 16.1. The molecule has 1 atom stereocenters. The average Bonchev–Trinajstić information content (AvgIpc) is 2.61. The van der Waals surface area contributed by atoms with Gasteiger partial charge in [0, 0.05) is 11.9 Å². The van der Waals surface area contributed by atoms with Gasteiger partial charge in [0.1, 0.15) is 12.7 Å². The molecule has 23 heavy (non-hydrogen) atoms. The molecule has 5 nitrogen and oxygen atoms in total. The number of carbonyl (C=O) groups excluding carboxylic acids is 1. The summed E-state index contributed by atoms with van der Waals surface area (Å²) in [7, 11) is 0. The first-order valence-corrected chi connectivity index (χ1v) is 8.59. The lowest BCUT2D eigenvalue weighted by molar-refractivity contribution is -0.119. The lowest BCUT2D eigenvalue weighted by atomic mass is 10.2. The van der Waals surface area contributed by atoms with E-state index in [4.69, 9.17) is 9.47 Å². The summed E-state index contributed by atoms with van der Waals surface area (Å²) in [5.74, 6) is 2.60. The van der Waals surface area contributed by atoms with E-state index in [1.807, 2.05) is 42.5 Å². The molecule has 1 aromatic heterocycles. The van der Waals surface area contributed by atoms with Crippen molar-refractivity contribution in [3.05, 3.63) is 54.4 Å². The zero-order valence-electron chi connectivity index (χ0n) is 12.6. The predicted molar refractivity (Wildman–Crippen MR) is 89.8 cm³/mol. The minimum Gasteiger partial charge on any atom is -0.486 e. The van der Waals surface area contributed by atoms with Gasteiger partial charge in [0.15, 0.2) is 11.5 Å². The number of benzene rings is 1. The molecule has 1 aromatic carbocycles. The van der Waals surface area contributed by atoms with Gasteiger partial charge < -0.3 is 14.8 Å². The molecule has 1 aliphatic heterocycles. The second-order valence-corrected chi connectivity index (χ2v) is 6.10. The van der Waals surface area contributed by atoms with Crippen LogP contribution >= 0.6 is 11.8 Å². The Bertz CT molecular complexity index is 651. The quantitative estimate of drug-likeness (QED) is 0.880. The van der Waals surface area contributed by atoms with E-state index >= 15 is 0 Å². The van der Waals surface area contributed by atoms with Gasteiger partial charge in [0.2, 0.25) is 5.91 Å². The van der Waals surface area contributed by atoms with Crippen molar-refractivity contribution < 1.29 is 14.3 Å². The Kier molecular flexibility index (Phi) is 5.37. The van der Waals surface area contributed by atoms with Crippen molar-refractivity contribution in [1.82, 2.24) is 10.3 Å². The molecule has 0 saturated heterocycles. The van der Waals surface area contributed by atoms with Crippen LogP contribution in [0.4, 0.5) is 0 Å². The zero-order chi connectivity index (χ0) is 15.9.